The van der Waals surface area contributed by atoms with E-state index in [0.29, 0.717) is 11.5 Å². The molecule has 0 aliphatic rings. The molecule has 0 aliphatic heterocycles. The van der Waals surface area contributed by atoms with Gasteiger partial charge in [0.2, 0.25) is 0 Å². The third kappa shape index (κ3) is 6.72. The van der Waals surface area contributed by atoms with Crippen LogP contribution in [0.25, 0.3) is 0 Å². The van der Waals surface area contributed by atoms with E-state index in [-0.39, 0.29) is 23.2 Å². The van der Waals surface area contributed by atoms with Crippen LogP contribution in [0.2, 0.25) is 0 Å². The number of rotatable bonds is 9. The Morgan fingerprint density at radius 2 is 1.40 bits per heavy atom. The standard InChI is InChI=1S/C13H16O5S2/c14-10-3-1-9(2-4-10)13(19-7-5-11(15)16)20-8-6-12(17)18/h1-4,13-14H,5-8H2,(H,15,16)(H,17,18). The van der Waals surface area contributed by atoms with Crippen LogP contribution in [-0.2, 0) is 9.59 Å². The molecule has 1 rings (SSSR count). The molecule has 3 N–H and O–H groups in total. The summed E-state index contributed by atoms with van der Waals surface area (Å²) in [6.07, 6.45) is 0.136. The molecule has 0 radical (unpaired) electrons. The second-order valence-electron chi connectivity index (χ2n) is 3.95. The maximum atomic E-state index is 10.5. The Bertz CT molecular complexity index is 427. The monoisotopic (exact) mass is 316 g/mol. The maximum Gasteiger partial charge on any atom is 0.304 e. The fourth-order valence-corrected chi connectivity index (χ4v) is 4.05. The zero-order valence-corrected chi connectivity index (χ0v) is 12.3. The minimum Gasteiger partial charge on any atom is -0.508 e. The topological polar surface area (TPSA) is 94.8 Å². The molecule has 0 unspecified atom stereocenters. The van der Waals surface area contributed by atoms with Crippen LogP contribution in [0, 0.1) is 0 Å². The highest BCUT2D eigenvalue weighted by atomic mass is 32.2. The number of carboxylic acid groups (broad SMARTS) is 2. The summed E-state index contributed by atoms with van der Waals surface area (Å²) in [5.41, 5.74) is 0.938. The van der Waals surface area contributed by atoms with Gasteiger partial charge >= 0.3 is 11.9 Å². The van der Waals surface area contributed by atoms with Crippen LogP contribution in [0.3, 0.4) is 0 Å². The fourth-order valence-electron chi connectivity index (χ4n) is 1.38. The Morgan fingerprint density at radius 3 is 1.80 bits per heavy atom. The SMILES string of the molecule is O=C(O)CCSC(SCCC(=O)O)c1ccc(O)cc1. The van der Waals surface area contributed by atoms with Gasteiger partial charge < -0.3 is 15.3 Å². The molecule has 1 aromatic rings. The van der Waals surface area contributed by atoms with E-state index in [1.54, 1.807) is 24.3 Å². The van der Waals surface area contributed by atoms with Gasteiger partial charge in [0.25, 0.3) is 0 Å². The third-order valence-corrected chi connectivity index (χ3v) is 5.18. The van der Waals surface area contributed by atoms with Gasteiger partial charge in [-0.2, -0.15) is 0 Å². The van der Waals surface area contributed by atoms with Crippen molar-refractivity contribution < 1.29 is 24.9 Å². The average molecular weight is 316 g/mol. The lowest BCUT2D eigenvalue weighted by Gasteiger charge is -2.16. The van der Waals surface area contributed by atoms with E-state index in [0.717, 1.165) is 5.56 Å². The first-order valence-electron chi connectivity index (χ1n) is 5.94. The van der Waals surface area contributed by atoms with Crippen molar-refractivity contribution in [2.45, 2.75) is 17.4 Å². The van der Waals surface area contributed by atoms with Crippen molar-refractivity contribution in [3.8, 4) is 5.75 Å². The van der Waals surface area contributed by atoms with Gasteiger partial charge in [-0.1, -0.05) is 12.1 Å². The number of carboxylic acids is 2. The third-order valence-electron chi connectivity index (χ3n) is 2.34. The van der Waals surface area contributed by atoms with Gasteiger partial charge in [-0.3, -0.25) is 9.59 Å². The molecule has 20 heavy (non-hydrogen) atoms. The Kier molecular flexibility index (Phi) is 7.32. The Morgan fingerprint density at radius 1 is 0.950 bits per heavy atom. The average Bonchev–Trinajstić information content (AvgIpc) is 2.37. The molecule has 0 saturated heterocycles. The molecular formula is C13H16O5S2. The highest BCUT2D eigenvalue weighted by molar-refractivity contribution is 8.16. The number of aromatic hydroxyl groups is 1. The molecule has 0 amide bonds. The minimum absolute atomic E-state index is 0.0331. The molecule has 7 heteroatoms. The summed E-state index contributed by atoms with van der Waals surface area (Å²) in [6.45, 7) is 0. The van der Waals surface area contributed by atoms with Crippen LogP contribution in [0.5, 0.6) is 5.75 Å². The number of aliphatic carboxylic acids is 2. The summed E-state index contributed by atoms with van der Waals surface area (Å²) < 4.78 is -0.0331. The van der Waals surface area contributed by atoms with Crippen molar-refractivity contribution in [2.24, 2.45) is 0 Å². The van der Waals surface area contributed by atoms with Crippen molar-refractivity contribution in [2.75, 3.05) is 11.5 Å². The van der Waals surface area contributed by atoms with Crippen LogP contribution in [0.1, 0.15) is 23.0 Å². The number of carbonyl (C=O) groups is 2. The van der Waals surface area contributed by atoms with E-state index < -0.39 is 11.9 Å². The molecule has 5 nitrogen and oxygen atoms in total. The van der Waals surface area contributed by atoms with E-state index in [9.17, 15) is 14.7 Å². The second-order valence-corrected chi connectivity index (χ2v) is 6.68. The maximum absolute atomic E-state index is 10.5. The smallest absolute Gasteiger partial charge is 0.304 e. The Labute approximate surface area is 125 Å². The molecule has 110 valence electrons. The van der Waals surface area contributed by atoms with E-state index in [1.807, 2.05) is 0 Å². The summed E-state index contributed by atoms with van der Waals surface area (Å²) in [6, 6.07) is 6.67. The van der Waals surface area contributed by atoms with Gasteiger partial charge in [-0.25, -0.2) is 0 Å². The fraction of sp³-hybridized carbons (Fsp3) is 0.385. The van der Waals surface area contributed by atoms with E-state index in [1.165, 1.54) is 23.5 Å². The van der Waals surface area contributed by atoms with Crippen LogP contribution in [0.4, 0.5) is 0 Å². The number of phenols is 1. The van der Waals surface area contributed by atoms with E-state index in [4.69, 9.17) is 10.2 Å². The molecule has 0 aliphatic carbocycles. The van der Waals surface area contributed by atoms with Crippen LogP contribution >= 0.6 is 23.5 Å². The zero-order valence-electron chi connectivity index (χ0n) is 10.7. The summed E-state index contributed by atoms with van der Waals surface area (Å²) in [5, 5.41) is 26.6. The summed E-state index contributed by atoms with van der Waals surface area (Å²) in [5.74, 6) is -0.615. The lowest BCUT2D eigenvalue weighted by molar-refractivity contribution is -0.137. The van der Waals surface area contributed by atoms with Gasteiger partial charge in [0.05, 0.1) is 17.4 Å². The van der Waals surface area contributed by atoms with Gasteiger partial charge in [0, 0.05) is 11.5 Å². The lowest BCUT2D eigenvalue weighted by atomic mass is 10.2. The first-order valence-corrected chi connectivity index (χ1v) is 8.04. The second kappa shape index (κ2) is 8.76. The van der Waals surface area contributed by atoms with Crippen molar-refractivity contribution in [1.29, 1.82) is 0 Å². The summed E-state index contributed by atoms with van der Waals surface area (Å²) >= 11 is 2.94. The van der Waals surface area contributed by atoms with Crippen LogP contribution in [-0.4, -0.2) is 38.8 Å². The van der Waals surface area contributed by atoms with Gasteiger partial charge in [-0.15, -0.1) is 23.5 Å². The highest BCUT2D eigenvalue weighted by Crippen LogP contribution is 2.40. The first kappa shape index (κ1) is 16.7. The molecule has 1 aromatic carbocycles. The predicted octanol–water partition coefficient (Wildman–Crippen LogP) is 2.81. The number of benzene rings is 1. The highest BCUT2D eigenvalue weighted by Gasteiger charge is 2.14. The van der Waals surface area contributed by atoms with Gasteiger partial charge in [0.1, 0.15) is 5.75 Å². The van der Waals surface area contributed by atoms with Crippen LogP contribution in [0.15, 0.2) is 24.3 Å². The predicted molar refractivity (Wildman–Crippen MR) is 80.3 cm³/mol. The summed E-state index contributed by atoms with van der Waals surface area (Å²) in [7, 11) is 0. The van der Waals surface area contributed by atoms with E-state index >= 15 is 0 Å². The number of hydrogen-bond donors (Lipinski definition) is 3. The summed E-state index contributed by atoms with van der Waals surface area (Å²) in [4.78, 5) is 21.1. The molecule has 0 heterocycles. The normalized spacial score (nSPS) is 10.7. The molecule has 0 atom stereocenters. The van der Waals surface area contributed by atoms with Crippen molar-refractivity contribution in [1.82, 2.24) is 0 Å². The molecule has 0 saturated carbocycles. The molecule has 0 spiro atoms. The van der Waals surface area contributed by atoms with Crippen molar-refractivity contribution in [3.63, 3.8) is 0 Å². The van der Waals surface area contributed by atoms with Crippen molar-refractivity contribution >= 4 is 35.5 Å². The molecule has 0 fully saturated rings. The Hall–Kier alpha value is -1.34. The quantitative estimate of drug-likeness (QED) is 0.603. The van der Waals surface area contributed by atoms with Gasteiger partial charge in [-0.05, 0) is 17.7 Å². The van der Waals surface area contributed by atoms with Gasteiger partial charge in [0.15, 0.2) is 0 Å². The molecular weight excluding hydrogens is 300 g/mol. The Balaban J connectivity index is 2.60. The van der Waals surface area contributed by atoms with Crippen molar-refractivity contribution in [3.05, 3.63) is 29.8 Å². The molecule has 0 aromatic heterocycles. The largest absolute Gasteiger partial charge is 0.508 e. The van der Waals surface area contributed by atoms with Crippen LogP contribution < -0.4 is 0 Å². The number of hydrogen-bond acceptors (Lipinski definition) is 5. The minimum atomic E-state index is -0.850. The number of phenolic OH excluding ortho intramolecular Hbond substituents is 1. The zero-order chi connectivity index (χ0) is 15.0. The lowest BCUT2D eigenvalue weighted by Crippen LogP contribution is -2.01. The first-order chi connectivity index (χ1) is 9.49. The number of thioether (sulfide) groups is 2. The van der Waals surface area contributed by atoms with E-state index in [2.05, 4.69) is 0 Å². The molecule has 0 bridgehead atoms.